The van der Waals surface area contributed by atoms with E-state index < -0.39 is 112 Å². The molecule has 19 nitrogen and oxygen atoms in total. The largest absolute Gasteiger partial charge is 0.390 e. The standard InChI is InChI=1S/C35H67O19P/c1-19(2)55(45,46)52-14-8-6-7-12-48-21-15-20(24(36)28(40)25(21)37)16-49-33-31(43)30(42)27(39)23(54-33)18-50-34-32(44)29(41)26(38)22(53-34)17-47-11-9-10-13-51-35(3,4)5/h19-34,36-44H,6-18H2,1-5H3,(H,45,46). The van der Waals surface area contributed by atoms with Gasteiger partial charge in [0.25, 0.3) is 0 Å². The number of aliphatic hydroxyl groups excluding tert-OH is 9. The van der Waals surface area contributed by atoms with Crippen molar-refractivity contribution < 1.29 is 93.1 Å². The zero-order valence-electron chi connectivity index (χ0n) is 32.5. The molecule has 3 aliphatic rings. The van der Waals surface area contributed by atoms with Gasteiger partial charge in [-0.1, -0.05) is 13.8 Å². The Kier molecular flexibility index (Phi) is 20.2. The number of unbranched alkanes of at least 4 members (excludes halogenated alkanes) is 3. The maximum absolute atomic E-state index is 11.9. The van der Waals surface area contributed by atoms with Crippen LogP contribution in [0.15, 0.2) is 0 Å². The summed E-state index contributed by atoms with van der Waals surface area (Å²) in [5, 5.41) is 95.0. The highest BCUT2D eigenvalue weighted by atomic mass is 31.2. The summed E-state index contributed by atoms with van der Waals surface area (Å²) >= 11 is 0. The van der Waals surface area contributed by atoms with Gasteiger partial charge < -0.3 is 88.5 Å². The average Bonchev–Trinajstić information content (AvgIpc) is 3.12. The highest BCUT2D eigenvalue weighted by Gasteiger charge is 2.49. The van der Waals surface area contributed by atoms with Crippen molar-refractivity contribution in [3.05, 3.63) is 0 Å². The average molecular weight is 823 g/mol. The Labute approximate surface area is 322 Å². The predicted octanol–water partition coefficient (Wildman–Crippen LogP) is -1.48. The van der Waals surface area contributed by atoms with Gasteiger partial charge in [-0.3, -0.25) is 4.57 Å². The molecule has 2 heterocycles. The van der Waals surface area contributed by atoms with Crippen LogP contribution in [0.3, 0.4) is 0 Å². The molecular formula is C35H67O19P. The zero-order valence-corrected chi connectivity index (χ0v) is 33.4. The molecule has 10 N–H and O–H groups in total. The van der Waals surface area contributed by atoms with Gasteiger partial charge in [-0.2, -0.15) is 0 Å². The number of hydrogen-bond donors (Lipinski definition) is 10. The Morgan fingerprint density at radius 1 is 0.600 bits per heavy atom. The van der Waals surface area contributed by atoms with E-state index in [2.05, 4.69) is 0 Å². The summed E-state index contributed by atoms with van der Waals surface area (Å²) in [6, 6.07) is 0. The van der Waals surface area contributed by atoms with Crippen LogP contribution in [-0.2, 0) is 42.2 Å². The van der Waals surface area contributed by atoms with Crippen LogP contribution in [0.2, 0.25) is 0 Å². The second kappa shape index (κ2) is 22.8. The van der Waals surface area contributed by atoms with Gasteiger partial charge in [0.2, 0.25) is 0 Å². The molecule has 3 rings (SSSR count). The molecule has 20 heteroatoms. The first kappa shape index (κ1) is 48.9. The lowest BCUT2D eigenvalue weighted by Gasteiger charge is -2.44. The predicted molar refractivity (Wildman–Crippen MR) is 192 cm³/mol. The minimum absolute atomic E-state index is 0.0483. The fourth-order valence-corrected chi connectivity index (χ4v) is 6.94. The summed E-state index contributed by atoms with van der Waals surface area (Å²) < 4.78 is 56.8. The summed E-state index contributed by atoms with van der Waals surface area (Å²) in [6.45, 7) is 9.26. The van der Waals surface area contributed by atoms with Crippen molar-refractivity contribution in [3.63, 3.8) is 0 Å². The molecule has 16 atom stereocenters. The lowest BCUT2D eigenvalue weighted by Crippen LogP contribution is -2.62. The van der Waals surface area contributed by atoms with E-state index in [9.17, 15) is 55.4 Å². The number of ether oxygens (including phenoxy) is 7. The van der Waals surface area contributed by atoms with E-state index in [0.29, 0.717) is 38.9 Å². The summed E-state index contributed by atoms with van der Waals surface area (Å²) in [5.74, 6) is -0.810. The molecule has 16 unspecified atom stereocenters. The molecule has 0 spiro atoms. The van der Waals surface area contributed by atoms with Crippen molar-refractivity contribution in [1.82, 2.24) is 0 Å². The van der Waals surface area contributed by atoms with E-state index in [1.807, 2.05) is 20.8 Å². The van der Waals surface area contributed by atoms with E-state index in [1.165, 1.54) is 0 Å². The molecule has 0 amide bonds. The van der Waals surface area contributed by atoms with Crippen molar-refractivity contribution in [2.75, 3.05) is 46.2 Å². The molecular weight excluding hydrogens is 755 g/mol. The fourth-order valence-electron chi connectivity index (χ4n) is 6.25. The second-order valence-corrected chi connectivity index (χ2v) is 18.3. The lowest BCUT2D eigenvalue weighted by molar-refractivity contribution is -0.334. The van der Waals surface area contributed by atoms with Gasteiger partial charge in [0.15, 0.2) is 12.6 Å². The van der Waals surface area contributed by atoms with Crippen LogP contribution >= 0.6 is 7.60 Å². The van der Waals surface area contributed by atoms with E-state index in [0.717, 1.165) is 6.42 Å². The summed E-state index contributed by atoms with van der Waals surface area (Å²) in [4.78, 5) is 9.75. The van der Waals surface area contributed by atoms with Gasteiger partial charge in [-0.25, -0.2) is 0 Å². The fraction of sp³-hybridized carbons (Fsp3) is 1.00. The Hall–Kier alpha value is -0.490. The smallest absolute Gasteiger partial charge is 0.330 e. The maximum Gasteiger partial charge on any atom is 0.330 e. The highest BCUT2D eigenvalue weighted by Crippen LogP contribution is 2.47. The van der Waals surface area contributed by atoms with Crippen LogP contribution in [0.25, 0.3) is 0 Å². The van der Waals surface area contributed by atoms with Crippen LogP contribution in [0.5, 0.6) is 0 Å². The van der Waals surface area contributed by atoms with Crippen molar-refractivity contribution in [2.24, 2.45) is 5.92 Å². The molecule has 3 fully saturated rings. The normalized spacial score (nSPS) is 38.7. The quantitative estimate of drug-likeness (QED) is 0.0440. The van der Waals surface area contributed by atoms with E-state index in [1.54, 1.807) is 13.8 Å². The molecule has 1 saturated carbocycles. The van der Waals surface area contributed by atoms with Crippen LogP contribution in [0.4, 0.5) is 0 Å². The van der Waals surface area contributed by atoms with Gasteiger partial charge in [-0.05, 0) is 59.3 Å². The maximum atomic E-state index is 11.9. The van der Waals surface area contributed by atoms with Crippen LogP contribution in [-0.4, -0.2) is 194 Å². The molecule has 55 heavy (non-hydrogen) atoms. The van der Waals surface area contributed by atoms with Gasteiger partial charge >= 0.3 is 7.60 Å². The third kappa shape index (κ3) is 14.9. The molecule has 0 bridgehead atoms. The van der Waals surface area contributed by atoms with Crippen molar-refractivity contribution in [1.29, 1.82) is 0 Å². The highest BCUT2D eigenvalue weighted by molar-refractivity contribution is 7.53. The first-order chi connectivity index (χ1) is 25.7. The second-order valence-electron chi connectivity index (χ2n) is 15.9. The molecule has 1 aliphatic carbocycles. The van der Waals surface area contributed by atoms with Crippen molar-refractivity contribution >= 4 is 7.60 Å². The molecule has 0 aromatic carbocycles. The van der Waals surface area contributed by atoms with Crippen LogP contribution < -0.4 is 0 Å². The molecule has 0 aromatic rings. The van der Waals surface area contributed by atoms with Crippen molar-refractivity contribution in [3.8, 4) is 0 Å². The Balaban J connectivity index is 1.47. The van der Waals surface area contributed by atoms with E-state index in [4.69, 9.17) is 37.7 Å². The number of rotatable bonds is 22. The topological polar surface area (TPSA) is 293 Å². The number of hydrogen-bond acceptors (Lipinski definition) is 18. The third-order valence-electron chi connectivity index (χ3n) is 9.88. The molecule has 2 saturated heterocycles. The van der Waals surface area contributed by atoms with Crippen LogP contribution in [0.1, 0.15) is 73.1 Å². The van der Waals surface area contributed by atoms with Gasteiger partial charge in [0, 0.05) is 25.7 Å². The zero-order chi connectivity index (χ0) is 41.1. The minimum atomic E-state index is -3.65. The van der Waals surface area contributed by atoms with E-state index in [-0.39, 0.29) is 38.4 Å². The van der Waals surface area contributed by atoms with Gasteiger partial charge in [0.05, 0.1) is 49.9 Å². The Morgan fingerprint density at radius 2 is 1.11 bits per heavy atom. The molecule has 326 valence electrons. The minimum Gasteiger partial charge on any atom is -0.390 e. The molecule has 0 radical (unpaired) electrons. The SMILES string of the molecule is CC(C)P(=O)(O)OCCCCCOC1CC(COC2OC(COC3OC(COCCCCOC(C)(C)C)C(O)C(O)C3O)C(O)C(O)C2O)C(O)C(O)C1O. The van der Waals surface area contributed by atoms with Gasteiger partial charge in [-0.15, -0.1) is 0 Å². The Morgan fingerprint density at radius 3 is 1.69 bits per heavy atom. The summed E-state index contributed by atoms with van der Waals surface area (Å²) in [5.41, 5.74) is -0.761. The Bertz CT molecular complexity index is 1130. The van der Waals surface area contributed by atoms with E-state index >= 15 is 0 Å². The monoisotopic (exact) mass is 822 g/mol. The van der Waals surface area contributed by atoms with Gasteiger partial charge in [0.1, 0.15) is 61.0 Å². The van der Waals surface area contributed by atoms with Crippen LogP contribution in [0, 0.1) is 5.92 Å². The first-order valence-corrected chi connectivity index (χ1v) is 20.9. The first-order valence-electron chi connectivity index (χ1n) is 19.2. The lowest BCUT2D eigenvalue weighted by atomic mass is 9.81. The third-order valence-corrected chi connectivity index (χ3v) is 11.7. The number of aliphatic hydroxyl groups is 9. The molecule has 0 aromatic heterocycles. The summed E-state index contributed by atoms with van der Waals surface area (Å²) in [6.07, 6.45) is -17.7. The summed E-state index contributed by atoms with van der Waals surface area (Å²) in [7, 11) is -3.65. The van der Waals surface area contributed by atoms with Crippen molar-refractivity contribution in [2.45, 2.75) is 170 Å². The molecule has 2 aliphatic heterocycles.